The van der Waals surface area contributed by atoms with E-state index < -0.39 is 17.9 Å². The number of carboxylic acid groups (broad SMARTS) is 1. The topological polar surface area (TPSA) is 80.7 Å². The van der Waals surface area contributed by atoms with Gasteiger partial charge in [-0.2, -0.15) is 0 Å². The van der Waals surface area contributed by atoms with E-state index in [0.29, 0.717) is 0 Å². The van der Waals surface area contributed by atoms with Gasteiger partial charge in [0.2, 0.25) is 0 Å². The summed E-state index contributed by atoms with van der Waals surface area (Å²) in [5.74, 6) is -1.59. The van der Waals surface area contributed by atoms with Crippen LogP contribution in [0.15, 0.2) is 0 Å². The lowest BCUT2D eigenvalue weighted by Gasteiger charge is -2.10. The van der Waals surface area contributed by atoms with Gasteiger partial charge in [0.05, 0.1) is 12.8 Å². The zero-order chi connectivity index (χ0) is 18.9. The fourth-order valence-electron chi connectivity index (χ4n) is 2.79. The van der Waals surface area contributed by atoms with E-state index in [2.05, 4.69) is 18.6 Å². The van der Waals surface area contributed by atoms with Gasteiger partial charge in [-0.25, -0.2) is 0 Å². The van der Waals surface area contributed by atoms with E-state index in [1.807, 2.05) is 0 Å². The first-order chi connectivity index (χ1) is 12.0. The summed E-state index contributed by atoms with van der Waals surface area (Å²) < 4.78 is 4.58. The number of carbonyl (C=O) groups is 3. The van der Waals surface area contributed by atoms with Gasteiger partial charge in [0.1, 0.15) is 0 Å². The molecule has 1 N–H and O–H groups in total. The first-order valence-electron chi connectivity index (χ1n) is 9.91. The summed E-state index contributed by atoms with van der Waals surface area (Å²) in [6.45, 7) is 4.56. The van der Waals surface area contributed by atoms with Crippen LogP contribution in [0.4, 0.5) is 0 Å². The molecule has 0 bridgehead atoms. The Labute approximate surface area is 152 Å². The van der Waals surface area contributed by atoms with Gasteiger partial charge in [0.25, 0.3) is 0 Å². The van der Waals surface area contributed by atoms with Crippen LogP contribution in [-0.2, 0) is 19.1 Å². The van der Waals surface area contributed by atoms with Crippen LogP contribution in [0.25, 0.3) is 0 Å². The molecule has 5 heteroatoms. The van der Waals surface area contributed by atoms with E-state index >= 15 is 0 Å². The lowest BCUT2D eigenvalue weighted by molar-refractivity contribution is -0.161. The zero-order valence-corrected chi connectivity index (χ0v) is 16.1. The molecule has 0 aromatic heterocycles. The van der Waals surface area contributed by atoms with Gasteiger partial charge in [-0.05, 0) is 12.3 Å². The molecule has 25 heavy (non-hydrogen) atoms. The Bertz CT molecular complexity index is 378. The molecule has 0 aromatic rings. The van der Waals surface area contributed by atoms with Gasteiger partial charge >= 0.3 is 17.9 Å². The lowest BCUT2D eigenvalue weighted by Crippen LogP contribution is -2.13. The highest BCUT2D eigenvalue weighted by molar-refractivity contribution is 5.86. The number of carboxylic acids is 1. The predicted octanol–water partition coefficient (Wildman–Crippen LogP) is 5.26. The van der Waals surface area contributed by atoms with Crippen LogP contribution in [0, 0.1) is 5.92 Å². The molecule has 0 aliphatic heterocycles. The second-order valence-electron chi connectivity index (χ2n) is 7.00. The highest BCUT2D eigenvalue weighted by atomic mass is 16.6. The van der Waals surface area contributed by atoms with Crippen molar-refractivity contribution >= 4 is 17.9 Å². The zero-order valence-electron chi connectivity index (χ0n) is 16.1. The minimum Gasteiger partial charge on any atom is -0.481 e. The van der Waals surface area contributed by atoms with Crippen LogP contribution < -0.4 is 0 Å². The fourth-order valence-corrected chi connectivity index (χ4v) is 2.79. The summed E-state index contributed by atoms with van der Waals surface area (Å²) in [5, 5.41) is 8.45. The van der Waals surface area contributed by atoms with Crippen LogP contribution in [0.5, 0.6) is 0 Å². The van der Waals surface area contributed by atoms with Crippen LogP contribution in [-0.4, -0.2) is 23.0 Å². The number of ether oxygens (including phenoxy) is 1. The standard InChI is InChI=1S/C20H36O5/c1-3-4-5-6-9-12-17(2)13-10-7-8-11-14-19(23)25-20(24)16-15-18(21)22/h17H,3-16H2,1-2H3,(H,21,22). The van der Waals surface area contributed by atoms with Crippen molar-refractivity contribution in [3.8, 4) is 0 Å². The molecule has 0 radical (unpaired) electrons. The maximum absolute atomic E-state index is 11.4. The molecule has 0 spiro atoms. The SMILES string of the molecule is CCCCCCCC(C)CCCCCCC(=O)OC(=O)CCC(=O)O. The molecule has 0 aliphatic carbocycles. The maximum atomic E-state index is 11.4. The average molecular weight is 357 g/mol. The molecule has 0 aromatic carbocycles. The van der Waals surface area contributed by atoms with E-state index in [9.17, 15) is 14.4 Å². The summed E-state index contributed by atoms with van der Waals surface area (Å²) in [4.78, 5) is 33.0. The van der Waals surface area contributed by atoms with Crippen molar-refractivity contribution in [2.75, 3.05) is 0 Å². The quantitative estimate of drug-likeness (QED) is 0.232. The van der Waals surface area contributed by atoms with E-state index in [4.69, 9.17) is 5.11 Å². The molecular formula is C20H36O5. The van der Waals surface area contributed by atoms with Gasteiger partial charge in [-0.1, -0.05) is 78.1 Å². The normalized spacial score (nSPS) is 11.9. The summed E-state index contributed by atoms with van der Waals surface area (Å²) >= 11 is 0. The Morgan fingerprint density at radius 2 is 1.28 bits per heavy atom. The van der Waals surface area contributed by atoms with Crippen molar-refractivity contribution in [1.82, 2.24) is 0 Å². The van der Waals surface area contributed by atoms with E-state index in [1.54, 1.807) is 0 Å². The van der Waals surface area contributed by atoms with E-state index in [0.717, 1.165) is 25.2 Å². The van der Waals surface area contributed by atoms with E-state index in [1.165, 1.54) is 51.4 Å². The minimum atomic E-state index is -1.07. The van der Waals surface area contributed by atoms with Crippen molar-refractivity contribution in [2.45, 2.75) is 104 Å². The number of aliphatic carboxylic acids is 1. The van der Waals surface area contributed by atoms with Gasteiger partial charge in [0.15, 0.2) is 0 Å². The monoisotopic (exact) mass is 356 g/mol. The Morgan fingerprint density at radius 1 is 0.760 bits per heavy atom. The molecule has 5 nitrogen and oxygen atoms in total. The number of carbonyl (C=O) groups excluding carboxylic acids is 2. The van der Waals surface area contributed by atoms with Gasteiger partial charge in [0, 0.05) is 6.42 Å². The smallest absolute Gasteiger partial charge is 0.314 e. The number of hydrogen-bond acceptors (Lipinski definition) is 4. The molecule has 0 saturated heterocycles. The average Bonchev–Trinajstić information content (AvgIpc) is 2.56. The van der Waals surface area contributed by atoms with Gasteiger partial charge in [-0.15, -0.1) is 0 Å². The molecule has 1 unspecified atom stereocenters. The number of rotatable bonds is 16. The molecule has 0 fully saturated rings. The number of esters is 2. The summed E-state index contributed by atoms with van der Waals surface area (Å²) in [5.41, 5.74) is 0. The minimum absolute atomic E-state index is 0.228. The predicted molar refractivity (Wildman–Crippen MR) is 98.2 cm³/mol. The van der Waals surface area contributed by atoms with Crippen LogP contribution in [0.3, 0.4) is 0 Å². The first kappa shape index (κ1) is 23.6. The molecule has 1 atom stereocenters. The third kappa shape index (κ3) is 17.2. The van der Waals surface area contributed by atoms with Crippen molar-refractivity contribution < 1.29 is 24.2 Å². The molecule has 0 aliphatic rings. The summed E-state index contributed by atoms with van der Waals surface area (Å²) in [7, 11) is 0. The number of hydrogen-bond donors (Lipinski definition) is 1. The van der Waals surface area contributed by atoms with Gasteiger partial charge < -0.3 is 9.84 Å². The molecular weight excluding hydrogens is 320 g/mol. The summed E-state index contributed by atoms with van der Waals surface area (Å²) in [6.07, 6.45) is 12.9. The summed E-state index contributed by atoms with van der Waals surface area (Å²) in [6, 6.07) is 0. The van der Waals surface area contributed by atoms with Crippen molar-refractivity contribution in [3.05, 3.63) is 0 Å². The molecule has 0 rings (SSSR count). The molecule has 0 heterocycles. The Balaban J connectivity index is 3.45. The lowest BCUT2D eigenvalue weighted by atomic mass is 9.96. The Morgan fingerprint density at radius 3 is 1.84 bits per heavy atom. The second-order valence-corrected chi connectivity index (χ2v) is 7.00. The van der Waals surface area contributed by atoms with Crippen LogP contribution in [0.2, 0.25) is 0 Å². The molecule has 146 valence electrons. The van der Waals surface area contributed by atoms with Crippen LogP contribution in [0.1, 0.15) is 104 Å². The fraction of sp³-hybridized carbons (Fsp3) is 0.850. The Kier molecular flexibility index (Phi) is 15.2. The highest BCUT2D eigenvalue weighted by Gasteiger charge is 2.11. The number of unbranched alkanes of at least 4 members (excludes halogenated alkanes) is 7. The third-order valence-corrected chi connectivity index (χ3v) is 4.40. The van der Waals surface area contributed by atoms with Crippen molar-refractivity contribution in [3.63, 3.8) is 0 Å². The second kappa shape index (κ2) is 16.1. The largest absolute Gasteiger partial charge is 0.481 e. The highest BCUT2D eigenvalue weighted by Crippen LogP contribution is 2.18. The van der Waals surface area contributed by atoms with Crippen molar-refractivity contribution in [2.24, 2.45) is 5.92 Å². The van der Waals surface area contributed by atoms with E-state index in [-0.39, 0.29) is 19.3 Å². The van der Waals surface area contributed by atoms with Crippen LogP contribution >= 0.6 is 0 Å². The Hall–Kier alpha value is -1.39. The van der Waals surface area contributed by atoms with Gasteiger partial charge in [-0.3, -0.25) is 14.4 Å². The molecule has 0 saturated carbocycles. The van der Waals surface area contributed by atoms with Crippen molar-refractivity contribution in [1.29, 1.82) is 0 Å². The third-order valence-electron chi connectivity index (χ3n) is 4.40. The first-order valence-corrected chi connectivity index (χ1v) is 9.91. The molecule has 0 amide bonds. The maximum Gasteiger partial charge on any atom is 0.314 e.